The zero-order valence-electron chi connectivity index (χ0n) is 14.1. The van der Waals surface area contributed by atoms with Crippen LogP contribution in [0.3, 0.4) is 0 Å². The second kappa shape index (κ2) is 5.93. The van der Waals surface area contributed by atoms with E-state index in [1.807, 2.05) is 13.8 Å². The molecule has 0 spiro atoms. The SMILES string of the molecule is Cc1nc2sc(C(=O)NC3CCS(=O)(=O)C3)c(C3CC3)c2c(C)c1Cl. The molecule has 1 amide bonds. The van der Waals surface area contributed by atoms with Crippen LogP contribution in [0.15, 0.2) is 0 Å². The molecule has 1 aliphatic heterocycles. The average Bonchev–Trinajstić information content (AvgIpc) is 3.22. The van der Waals surface area contributed by atoms with Gasteiger partial charge in [-0.1, -0.05) is 11.6 Å². The first-order valence-corrected chi connectivity index (χ1v) is 11.4. The minimum absolute atomic E-state index is 0.0324. The van der Waals surface area contributed by atoms with E-state index < -0.39 is 9.84 Å². The number of halogens is 1. The number of carbonyl (C=O) groups is 1. The molecule has 2 aromatic heterocycles. The molecule has 1 saturated heterocycles. The van der Waals surface area contributed by atoms with Crippen molar-refractivity contribution in [2.75, 3.05) is 11.5 Å². The number of aryl methyl sites for hydroxylation is 2. The predicted octanol–water partition coefficient (Wildman–Crippen LogP) is 3.36. The number of rotatable bonds is 3. The molecule has 0 radical (unpaired) electrons. The Morgan fingerprint density at radius 2 is 2.00 bits per heavy atom. The van der Waals surface area contributed by atoms with Gasteiger partial charge in [0.25, 0.3) is 5.91 Å². The number of pyridine rings is 1. The molecule has 1 N–H and O–H groups in total. The Hall–Kier alpha value is -1.18. The number of hydrogen-bond donors (Lipinski definition) is 1. The highest BCUT2D eigenvalue weighted by Crippen LogP contribution is 2.49. The van der Waals surface area contributed by atoms with Gasteiger partial charge in [0.05, 0.1) is 27.1 Å². The lowest BCUT2D eigenvalue weighted by Crippen LogP contribution is -2.35. The van der Waals surface area contributed by atoms with Gasteiger partial charge in [-0.3, -0.25) is 4.79 Å². The molecule has 5 nitrogen and oxygen atoms in total. The molecule has 1 saturated carbocycles. The summed E-state index contributed by atoms with van der Waals surface area (Å²) >= 11 is 7.78. The van der Waals surface area contributed by atoms with E-state index in [9.17, 15) is 13.2 Å². The first-order valence-electron chi connectivity index (χ1n) is 8.37. The molecule has 0 bridgehead atoms. The largest absolute Gasteiger partial charge is 0.348 e. The average molecular weight is 399 g/mol. The molecule has 2 aliphatic rings. The predicted molar refractivity (Wildman–Crippen MR) is 101 cm³/mol. The zero-order chi connectivity index (χ0) is 17.9. The van der Waals surface area contributed by atoms with E-state index in [0.717, 1.165) is 39.9 Å². The van der Waals surface area contributed by atoms with Crippen molar-refractivity contribution in [2.45, 2.75) is 45.1 Å². The van der Waals surface area contributed by atoms with Gasteiger partial charge in [0, 0.05) is 11.4 Å². The van der Waals surface area contributed by atoms with Crippen LogP contribution in [0.2, 0.25) is 5.02 Å². The maximum atomic E-state index is 12.9. The van der Waals surface area contributed by atoms with Crippen molar-refractivity contribution < 1.29 is 13.2 Å². The summed E-state index contributed by atoms with van der Waals surface area (Å²) in [4.78, 5) is 18.9. The van der Waals surface area contributed by atoms with E-state index in [-0.39, 0.29) is 23.5 Å². The number of hydrogen-bond acceptors (Lipinski definition) is 5. The molecule has 3 heterocycles. The van der Waals surface area contributed by atoms with E-state index in [1.165, 1.54) is 11.3 Å². The number of aromatic nitrogens is 1. The van der Waals surface area contributed by atoms with Gasteiger partial charge in [0.15, 0.2) is 9.84 Å². The van der Waals surface area contributed by atoms with Crippen molar-refractivity contribution in [1.29, 1.82) is 0 Å². The molecule has 2 aromatic rings. The normalized spacial score (nSPS) is 22.4. The summed E-state index contributed by atoms with van der Waals surface area (Å²) in [5.74, 6) is 0.376. The topological polar surface area (TPSA) is 76.1 Å². The zero-order valence-corrected chi connectivity index (χ0v) is 16.4. The molecule has 134 valence electrons. The van der Waals surface area contributed by atoms with Crippen molar-refractivity contribution in [3.8, 4) is 0 Å². The summed E-state index contributed by atoms with van der Waals surface area (Å²) in [5, 5.41) is 4.58. The fourth-order valence-corrected chi connectivity index (χ4v) is 6.63. The lowest BCUT2D eigenvalue weighted by molar-refractivity contribution is 0.0944. The molecular weight excluding hydrogens is 380 g/mol. The van der Waals surface area contributed by atoms with Crippen molar-refractivity contribution in [3.63, 3.8) is 0 Å². The van der Waals surface area contributed by atoms with Gasteiger partial charge < -0.3 is 5.32 Å². The fourth-order valence-electron chi connectivity index (χ4n) is 3.55. The van der Waals surface area contributed by atoms with Crippen LogP contribution >= 0.6 is 22.9 Å². The number of carbonyl (C=O) groups excluding carboxylic acids is 1. The van der Waals surface area contributed by atoms with Gasteiger partial charge in [-0.15, -0.1) is 11.3 Å². The summed E-state index contributed by atoms with van der Waals surface area (Å²) < 4.78 is 23.3. The molecular formula is C17H19ClN2O3S2. The monoisotopic (exact) mass is 398 g/mol. The van der Waals surface area contributed by atoms with Gasteiger partial charge in [-0.25, -0.2) is 13.4 Å². The highest BCUT2D eigenvalue weighted by molar-refractivity contribution is 7.91. The van der Waals surface area contributed by atoms with Crippen molar-refractivity contribution in [1.82, 2.24) is 10.3 Å². The van der Waals surface area contributed by atoms with E-state index in [0.29, 0.717) is 22.2 Å². The number of sulfone groups is 1. The number of thiophene rings is 1. The highest BCUT2D eigenvalue weighted by Gasteiger charge is 2.35. The molecule has 1 unspecified atom stereocenters. The Bertz CT molecular complexity index is 993. The lowest BCUT2D eigenvalue weighted by Gasteiger charge is -2.11. The van der Waals surface area contributed by atoms with E-state index in [4.69, 9.17) is 11.6 Å². The third-order valence-electron chi connectivity index (χ3n) is 4.98. The second-order valence-corrected chi connectivity index (χ2v) is 10.6. The minimum Gasteiger partial charge on any atom is -0.348 e. The molecule has 25 heavy (non-hydrogen) atoms. The van der Waals surface area contributed by atoms with Crippen LogP contribution in [0.25, 0.3) is 10.2 Å². The maximum Gasteiger partial charge on any atom is 0.261 e. The standard InChI is InChI=1S/C17H19ClN2O3S2/c1-8-12-13(10-3-4-10)15(24-17(12)19-9(2)14(8)18)16(21)20-11-5-6-25(22,23)7-11/h10-11H,3-7H2,1-2H3,(H,20,21). The summed E-state index contributed by atoms with van der Waals surface area (Å²) in [6.45, 7) is 3.84. The van der Waals surface area contributed by atoms with Crippen LogP contribution < -0.4 is 5.32 Å². The maximum absolute atomic E-state index is 12.9. The van der Waals surface area contributed by atoms with Crippen LogP contribution in [0.5, 0.6) is 0 Å². The number of amides is 1. The third-order valence-corrected chi connectivity index (χ3v) is 8.40. The summed E-state index contributed by atoms with van der Waals surface area (Å²) in [5.41, 5.74) is 2.79. The number of fused-ring (bicyclic) bond motifs is 1. The molecule has 1 atom stereocenters. The Kier molecular flexibility index (Phi) is 4.09. The van der Waals surface area contributed by atoms with Crippen LogP contribution in [0.1, 0.15) is 51.7 Å². The summed E-state index contributed by atoms with van der Waals surface area (Å²) in [7, 11) is -3.02. The Balaban J connectivity index is 1.75. The van der Waals surface area contributed by atoms with Gasteiger partial charge in [0.2, 0.25) is 0 Å². The van der Waals surface area contributed by atoms with Gasteiger partial charge in [-0.2, -0.15) is 0 Å². The highest BCUT2D eigenvalue weighted by atomic mass is 35.5. The molecule has 2 fully saturated rings. The van der Waals surface area contributed by atoms with Crippen molar-refractivity contribution in [2.24, 2.45) is 0 Å². The molecule has 1 aliphatic carbocycles. The number of nitrogens with one attached hydrogen (secondary N) is 1. The Labute approximate surface area is 155 Å². The first kappa shape index (κ1) is 17.2. The lowest BCUT2D eigenvalue weighted by atomic mass is 10.0. The van der Waals surface area contributed by atoms with Gasteiger partial charge in [-0.05, 0) is 50.2 Å². The Morgan fingerprint density at radius 3 is 2.60 bits per heavy atom. The quantitative estimate of drug-likeness (QED) is 0.860. The van der Waals surface area contributed by atoms with Gasteiger partial charge in [0.1, 0.15) is 4.83 Å². The Morgan fingerprint density at radius 1 is 1.28 bits per heavy atom. The van der Waals surface area contributed by atoms with Crippen LogP contribution in [0.4, 0.5) is 0 Å². The summed E-state index contributed by atoms with van der Waals surface area (Å²) in [6, 6.07) is -0.297. The number of nitrogens with zero attached hydrogens (tertiary/aromatic N) is 1. The van der Waals surface area contributed by atoms with E-state index >= 15 is 0 Å². The van der Waals surface area contributed by atoms with E-state index in [1.54, 1.807) is 0 Å². The van der Waals surface area contributed by atoms with Crippen molar-refractivity contribution in [3.05, 3.63) is 26.7 Å². The van der Waals surface area contributed by atoms with Crippen molar-refractivity contribution >= 4 is 48.9 Å². The van der Waals surface area contributed by atoms with E-state index in [2.05, 4.69) is 10.3 Å². The van der Waals surface area contributed by atoms with Gasteiger partial charge >= 0.3 is 0 Å². The molecule has 0 aromatic carbocycles. The molecule has 4 rings (SSSR count). The van der Waals surface area contributed by atoms with Crippen LogP contribution in [0, 0.1) is 13.8 Å². The minimum atomic E-state index is -3.02. The second-order valence-electron chi connectivity index (χ2n) is 7.01. The van der Waals surface area contributed by atoms with Crippen LogP contribution in [-0.2, 0) is 9.84 Å². The first-order chi connectivity index (χ1) is 11.8. The third kappa shape index (κ3) is 3.06. The fraction of sp³-hybridized carbons (Fsp3) is 0.529. The van der Waals surface area contributed by atoms with Crippen LogP contribution in [-0.4, -0.2) is 36.9 Å². The molecule has 8 heteroatoms. The summed E-state index contributed by atoms with van der Waals surface area (Å²) in [6.07, 6.45) is 2.61. The smallest absolute Gasteiger partial charge is 0.261 e.